The molecular weight excluding hydrogens is 246 g/mol. The highest BCUT2D eigenvalue weighted by Gasteiger charge is 2.08. The average Bonchev–Trinajstić information content (AvgIpc) is 2.27. The summed E-state index contributed by atoms with van der Waals surface area (Å²) in [5, 5.41) is 0. The molecule has 94 valence electrons. The van der Waals surface area contributed by atoms with Gasteiger partial charge in [0.15, 0.2) is 16.9 Å². The Hall–Kier alpha value is 0.0400. The summed E-state index contributed by atoms with van der Waals surface area (Å²) >= 11 is 0. The van der Waals surface area contributed by atoms with Gasteiger partial charge in [0.1, 0.15) is 0 Å². The standard InChI is InChI=1S/C8H20N4O2P2/c9-1-3-11(7-15-13)5-6-12(4-2-10)8-16-14/h1-10H2. The quantitative estimate of drug-likeness (QED) is 0.512. The van der Waals surface area contributed by atoms with Gasteiger partial charge in [0.2, 0.25) is 0 Å². The number of nitrogens with zero attached hydrogens (tertiary/aromatic N) is 2. The molecule has 8 heteroatoms. The van der Waals surface area contributed by atoms with Crippen molar-refractivity contribution in [2.45, 2.75) is 0 Å². The Morgan fingerprint density at radius 1 is 0.750 bits per heavy atom. The van der Waals surface area contributed by atoms with E-state index in [4.69, 9.17) is 11.5 Å². The third-order valence-electron chi connectivity index (χ3n) is 2.14. The van der Waals surface area contributed by atoms with E-state index in [1.807, 2.05) is 9.80 Å². The molecule has 0 aromatic heterocycles. The van der Waals surface area contributed by atoms with Crippen LogP contribution in [-0.2, 0) is 9.13 Å². The number of hydrogen-bond acceptors (Lipinski definition) is 6. The highest BCUT2D eigenvalue weighted by Crippen LogP contribution is 2.02. The second kappa shape index (κ2) is 11.5. The van der Waals surface area contributed by atoms with Crippen LogP contribution >= 0.6 is 16.9 Å². The molecule has 0 aliphatic rings. The molecular formula is C8H20N4O2P2. The van der Waals surface area contributed by atoms with Gasteiger partial charge >= 0.3 is 0 Å². The fourth-order valence-corrected chi connectivity index (χ4v) is 2.21. The minimum atomic E-state index is 0.104. The Labute approximate surface area is 99.7 Å². The van der Waals surface area contributed by atoms with Gasteiger partial charge < -0.3 is 11.5 Å². The first kappa shape index (κ1) is 16.0. The lowest BCUT2D eigenvalue weighted by Crippen LogP contribution is -2.38. The van der Waals surface area contributed by atoms with Crippen molar-refractivity contribution in [2.24, 2.45) is 11.5 Å². The maximum Gasteiger partial charge on any atom is 0.170 e. The van der Waals surface area contributed by atoms with E-state index in [1.54, 1.807) is 0 Å². The van der Waals surface area contributed by atoms with Gasteiger partial charge in [-0.15, -0.1) is 0 Å². The van der Waals surface area contributed by atoms with E-state index in [-0.39, 0.29) is 16.9 Å². The summed E-state index contributed by atoms with van der Waals surface area (Å²) in [6.07, 6.45) is 0.978. The van der Waals surface area contributed by atoms with Crippen molar-refractivity contribution in [2.75, 3.05) is 51.8 Å². The largest absolute Gasteiger partial charge is 0.329 e. The van der Waals surface area contributed by atoms with Gasteiger partial charge in [0, 0.05) is 39.3 Å². The Morgan fingerprint density at radius 3 is 1.38 bits per heavy atom. The number of nitrogens with two attached hydrogens (primary N) is 2. The summed E-state index contributed by atoms with van der Waals surface area (Å²) in [5.74, 6) is 0. The van der Waals surface area contributed by atoms with Crippen LogP contribution in [0.5, 0.6) is 0 Å². The minimum absolute atomic E-state index is 0.104. The van der Waals surface area contributed by atoms with Crippen LogP contribution in [0.25, 0.3) is 0 Å². The van der Waals surface area contributed by atoms with Crippen LogP contribution < -0.4 is 11.5 Å². The van der Waals surface area contributed by atoms with Crippen molar-refractivity contribution in [3.05, 3.63) is 0 Å². The fraction of sp³-hybridized carbons (Fsp3) is 1.00. The van der Waals surface area contributed by atoms with Crippen molar-refractivity contribution >= 4 is 16.9 Å². The second-order valence-electron chi connectivity index (χ2n) is 3.35. The minimum Gasteiger partial charge on any atom is -0.329 e. The van der Waals surface area contributed by atoms with Gasteiger partial charge in [0.05, 0.1) is 12.6 Å². The summed E-state index contributed by atoms with van der Waals surface area (Å²) in [4.78, 5) is 4.03. The van der Waals surface area contributed by atoms with E-state index in [0.717, 1.165) is 26.2 Å². The van der Waals surface area contributed by atoms with Gasteiger partial charge in [0.25, 0.3) is 0 Å². The Bertz CT molecular complexity index is 177. The molecule has 0 bridgehead atoms. The summed E-state index contributed by atoms with van der Waals surface area (Å²) < 4.78 is 21.0. The molecule has 0 saturated heterocycles. The zero-order chi connectivity index (χ0) is 12.2. The van der Waals surface area contributed by atoms with Crippen molar-refractivity contribution in [1.82, 2.24) is 9.80 Å². The maximum atomic E-state index is 10.5. The molecule has 0 rings (SSSR count). The molecule has 0 spiro atoms. The Balaban J connectivity index is 3.91. The Morgan fingerprint density at radius 2 is 1.12 bits per heavy atom. The molecule has 0 unspecified atom stereocenters. The van der Waals surface area contributed by atoms with E-state index in [2.05, 4.69) is 0 Å². The average molecular weight is 266 g/mol. The molecule has 0 heterocycles. The molecule has 0 aliphatic carbocycles. The third-order valence-corrected chi connectivity index (χ3v) is 3.17. The van der Waals surface area contributed by atoms with Crippen LogP contribution in [0.15, 0.2) is 0 Å². The summed E-state index contributed by atoms with van der Waals surface area (Å²) in [7, 11) is 0.209. The van der Waals surface area contributed by atoms with Crippen LogP contribution in [0.4, 0.5) is 0 Å². The van der Waals surface area contributed by atoms with Gasteiger partial charge in [-0.05, 0) is 0 Å². The highest BCUT2D eigenvalue weighted by molar-refractivity contribution is 7.23. The van der Waals surface area contributed by atoms with Crippen molar-refractivity contribution in [3.8, 4) is 0 Å². The molecule has 0 atom stereocenters. The van der Waals surface area contributed by atoms with E-state index < -0.39 is 0 Å². The van der Waals surface area contributed by atoms with Crippen molar-refractivity contribution in [1.29, 1.82) is 0 Å². The summed E-state index contributed by atoms with van der Waals surface area (Å²) in [5.41, 5.74) is 10.9. The molecule has 0 aromatic rings. The SMILES string of the molecule is NCCN(CCN(CCN)CP=O)CP=O. The molecule has 0 radical (unpaired) electrons. The van der Waals surface area contributed by atoms with E-state index in [0.29, 0.717) is 25.7 Å². The van der Waals surface area contributed by atoms with Crippen LogP contribution in [0.3, 0.4) is 0 Å². The van der Waals surface area contributed by atoms with E-state index in [1.165, 1.54) is 0 Å². The van der Waals surface area contributed by atoms with Crippen LogP contribution in [0, 0.1) is 0 Å². The van der Waals surface area contributed by atoms with Crippen LogP contribution in [0.2, 0.25) is 0 Å². The molecule has 0 aromatic carbocycles. The van der Waals surface area contributed by atoms with Gasteiger partial charge in [-0.1, -0.05) is 0 Å². The Kier molecular flexibility index (Phi) is 11.6. The van der Waals surface area contributed by atoms with Gasteiger partial charge in [-0.2, -0.15) is 0 Å². The fourth-order valence-electron chi connectivity index (χ4n) is 1.32. The summed E-state index contributed by atoms with van der Waals surface area (Å²) in [6.45, 7) is 4.07. The maximum absolute atomic E-state index is 10.5. The van der Waals surface area contributed by atoms with Crippen molar-refractivity contribution in [3.63, 3.8) is 0 Å². The second-order valence-corrected chi connectivity index (χ2v) is 4.44. The smallest absolute Gasteiger partial charge is 0.170 e. The molecule has 0 fully saturated rings. The van der Waals surface area contributed by atoms with E-state index in [9.17, 15) is 9.13 Å². The molecule has 0 aliphatic heterocycles. The third kappa shape index (κ3) is 8.22. The van der Waals surface area contributed by atoms with Gasteiger partial charge in [-0.3, -0.25) is 18.9 Å². The monoisotopic (exact) mass is 266 g/mol. The summed E-state index contributed by atoms with van der Waals surface area (Å²) in [6, 6.07) is 0. The first-order valence-electron chi connectivity index (χ1n) is 5.21. The van der Waals surface area contributed by atoms with Crippen LogP contribution in [0.1, 0.15) is 0 Å². The zero-order valence-corrected chi connectivity index (χ0v) is 11.2. The number of rotatable bonds is 11. The molecule has 0 amide bonds. The normalized spacial score (nSPS) is 12.0. The van der Waals surface area contributed by atoms with Crippen LogP contribution in [-0.4, -0.2) is 61.6 Å². The lowest BCUT2D eigenvalue weighted by atomic mass is 10.4. The zero-order valence-electron chi connectivity index (χ0n) is 9.42. The molecule has 16 heavy (non-hydrogen) atoms. The predicted molar refractivity (Wildman–Crippen MR) is 66.2 cm³/mol. The van der Waals surface area contributed by atoms with E-state index >= 15 is 0 Å². The van der Waals surface area contributed by atoms with Gasteiger partial charge in [-0.25, -0.2) is 0 Å². The van der Waals surface area contributed by atoms with Crippen molar-refractivity contribution < 1.29 is 9.13 Å². The molecule has 6 nitrogen and oxygen atoms in total. The topological polar surface area (TPSA) is 92.7 Å². The first-order chi connectivity index (χ1) is 7.78. The predicted octanol–water partition coefficient (Wildman–Crippen LogP) is 0.00620. The lowest BCUT2D eigenvalue weighted by Gasteiger charge is -2.23. The molecule has 4 N–H and O–H groups in total. The first-order valence-corrected chi connectivity index (χ1v) is 7.21. The molecule has 0 saturated carbocycles. The number of hydrogen-bond donors (Lipinski definition) is 2. The lowest BCUT2D eigenvalue weighted by molar-refractivity contribution is 0.248. The highest BCUT2D eigenvalue weighted by atomic mass is 31.1.